The minimum absolute atomic E-state index is 0.128. The van der Waals surface area contributed by atoms with Crippen molar-refractivity contribution < 1.29 is 13.2 Å². The lowest BCUT2D eigenvalue weighted by atomic mass is 9.96. The van der Waals surface area contributed by atoms with Crippen LogP contribution in [0.25, 0.3) is 0 Å². The number of hydrogen-bond acceptors (Lipinski definition) is 3. The lowest BCUT2D eigenvalue weighted by Crippen LogP contribution is -2.30. The molecule has 1 unspecified atom stereocenters. The molecule has 0 spiro atoms. The van der Waals surface area contributed by atoms with Crippen LogP contribution in [0.15, 0.2) is 54.6 Å². The highest BCUT2D eigenvalue weighted by Gasteiger charge is 2.22. The first kappa shape index (κ1) is 25.5. The smallest absolute Gasteiger partial charge is 0.251 e. The van der Waals surface area contributed by atoms with E-state index >= 15 is 0 Å². The van der Waals surface area contributed by atoms with Crippen LogP contribution in [0, 0.1) is 34.6 Å². The zero-order valence-corrected chi connectivity index (χ0v) is 21.9. The third-order valence-corrected chi connectivity index (χ3v) is 7.44. The number of carbonyl (C=O) groups excluding carboxylic acids is 1. The summed E-state index contributed by atoms with van der Waals surface area (Å²) in [6.07, 6.45) is 1.22. The minimum atomic E-state index is -3.49. The van der Waals surface area contributed by atoms with Crippen LogP contribution in [0.4, 0.5) is 5.69 Å². The maximum absolute atomic E-state index is 12.9. The van der Waals surface area contributed by atoms with Crippen LogP contribution in [-0.4, -0.2) is 20.6 Å². The monoisotopic (exact) mass is 478 g/mol. The summed E-state index contributed by atoms with van der Waals surface area (Å²) >= 11 is 0. The predicted octanol–water partition coefficient (Wildman–Crippen LogP) is 5.69. The van der Waals surface area contributed by atoms with Gasteiger partial charge in [-0.25, -0.2) is 8.42 Å². The number of para-hydroxylation sites is 1. The molecule has 3 aromatic rings. The van der Waals surface area contributed by atoms with Gasteiger partial charge in [0.2, 0.25) is 10.0 Å². The first-order valence-electron chi connectivity index (χ1n) is 11.4. The molecule has 6 heteroatoms. The summed E-state index contributed by atoms with van der Waals surface area (Å²) in [5.74, 6) is -0.161. The minimum Gasteiger partial charge on any atom is -0.346 e. The summed E-state index contributed by atoms with van der Waals surface area (Å²) < 4.78 is 26.6. The molecule has 0 bridgehead atoms. The van der Waals surface area contributed by atoms with Gasteiger partial charge in [-0.1, -0.05) is 42.5 Å². The molecule has 0 saturated heterocycles. The Hall–Kier alpha value is -3.12. The summed E-state index contributed by atoms with van der Waals surface area (Å²) in [5, 5.41) is 3.08. The van der Waals surface area contributed by atoms with Crippen LogP contribution in [0.5, 0.6) is 0 Å². The fraction of sp³-hybridized carbons (Fsp3) is 0.321. The molecule has 0 heterocycles. The van der Waals surface area contributed by atoms with E-state index in [1.165, 1.54) is 21.7 Å². The number of benzene rings is 3. The quantitative estimate of drug-likeness (QED) is 0.475. The van der Waals surface area contributed by atoms with Gasteiger partial charge in [0.05, 0.1) is 24.5 Å². The molecule has 0 aliphatic heterocycles. The zero-order chi connectivity index (χ0) is 25.2. The Balaban J connectivity index is 1.79. The second-order valence-corrected chi connectivity index (χ2v) is 11.1. The van der Waals surface area contributed by atoms with E-state index in [1.807, 2.05) is 51.1 Å². The predicted molar refractivity (Wildman–Crippen MR) is 140 cm³/mol. The van der Waals surface area contributed by atoms with Crippen molar-refractivity contribution in [3.8, 4) is 0 Å². The van der Waals surface area contributed by atoms with Crippen molar-refractivity contribution in [1.82, 2.24) is 5.32 Å². The first-order valence-corrected chi connectivity index (χ1v) is 13.2. The Bertz CT molecular complexity index is 1290. The molecule has 0 aliphatic carbocycles. The highest BCUT2D eigenvalue weighted by Crippen LogP contribution is 2.28. The van der Waals surface area contributed by atoms with Gasteiger partial charge in [-0.05, 0) is 92.6 Å². The maximum Gasteiger partial charge on any atom is 0.251 e. The maximum atomic E-state index is 12.9. The van der Waals surface area contributed by atoms with Gasteiger partial charge < -0.3 is 5.32 Å². The number of aryl methyl sites for hydroxylation is 5. The summed E-state index contributed by atoms with van der Waals surface area (Å²) in [6, 6.07) is 17.0. The van der Waals surface area contributed by atoms with Gasteiger partial charge in [-0.15, -0.1) is 0 Å². The van der Waals surface area contributed by atoms with Gasteiger partial charge in [-0.3, -0.25) is 9.10 Å². The molecule has 0 aliphatic rings. The summed E-state index contributed by atoms with van der Waals surface area (Å²) in [4.78, 5) is 12.9. The highest BCUT2D eigenvalue weighted by molar-refractivity contribution is 7.92. The van der Waals surface area contributed by atoms with Gasteiger partial charge in [0.1, 0.15) is 0 Å². The Morgan fingerprint density at radius 1 is 0.853 bits per heavy atom. The third-order valence-electron chi connectivity index (χ3n) is 6.33. The van der Waals surface area contributed by atoms with Crippen LogP contribution < -0.4 is 9.62 Å². The number of nitrogens with one attached hydrogen (secondary N) is 1. The van der Waals surface area contributed by atoms with Crippen molar-refractivity contribution in [1.29, 1.82) is 0 Å². The van der Waals surface area contributed by atoms with Crippen molar-refractivity contribution in [3.05, 3.63) is 99.1 Å². The summed E-state index contributed by atoms with van der Waals surface area (Å²) in [7, 11) is -3.49. The fourth-order valence-corrected chi connectivity index (χ4v) is 5.30. The van der Waals surface area contributed by atoms with E-state index in [-0.39, 0.29) is 18.5 Å². The van der Waals surface area contributed by atoms with Gasteiger partial charge in [0.15, 0.2) is 0 Å². The Labute approximate surface area is 203 Å². The molecule has 0 fully saturated rings. The number of rotatable bonds is 7. The molecule has 3 aromatic carbocycles. The molecule has 1 atom stereocenters. The Kier molecular flexibility index (Phi) is 7.51. The third kappa shape index (κ3) is 5.68. The normalized spacial score (nSPS) is 12.3. The zero-order valence-electron chi connectivity index (χ0n) is 21.1. The van der Waals surface area contributed by atoms with E-state index in [1.54, 1.807) is 12.1 Å². The van der Waals surface area contributed by atoms with E-state index in [0.717, 1.165) is 27.8 Å². The van der Waals surface area contributed by atoms with Crippen molar-refractivity contribution in [2.24, 2.45) is 0 Å². The average Bonchev–Trinajstić information content (AvgIpc) is 2.75. The molecule has 0 radical (unpaired) electrons. The summed E-state index contributed by atoms with van der Waals surface area (Å²) in [6.45, 7) is 12.2. The van der Waals surface area contributed by atoms with Gasteiger partial charge >= 0.3 is 0 Å². The molecule has 34 heavy (non-hydrogen) atoms. The van der Waals surface area contributed by atoms with Crippen LogP contribution >= 0.6 is 0 Å². The molecule has 1 N–H and O–H groups in total. The lowest BCUT2D eigenvalue weighted by molar-refractivity contribution is 0.0939. The van der Waals surface area contributed by atoms with E-state index in [2.05, 4.69) is 38.2 Å². The lowest BCUT2D eigenvalue weighted by Gasteiger charge is -2.26. The van der Waals surface area contributed by atoms with Crippen LogP contribution in [0.3, 0.4) is 0 Å². The second-order valence-electron chi connectivity index (χ2n) is 9.20. The molecule has 5 nitrogen and oxygen atoms in total. The van der Waals surface area contributed by atoms with E-state index < -0.39 is 10.0 Å². The molecule has 3 rings (SSSR count). The number of anilines is 1. The van der Waals surface area contributed by atoms with Gasteiger partial charge in [0, 0.05) is 5.56 Å². The molecule has 180 valence electrons. The van der Waals surface area contributed by atoms with Crippen LogP contribution in [-0.2, 0) is 16.6 Å². The van der Waals surface area contributed by atoms with E-state index in [4.69, 9.17) is 0 Å². The Morgan fingerprint density at radius 2 is 1.41 bits per heavy atom. The van der Waals surface area contributed by atoms with Crippen LogP contribution in [0.1, 0.15) is 62.3 Å². The topological polar surface area (TPSA) is 66.5 Å². The van der Waals surface area contributed by atoms with Crippen molar-refractivity contribution in [3.63, 3.8) is 0 Å². The summed E-state index contributed by atoms with van der Waals surface area (Å²) in [5.41, 5.74) is 8.53. The largest absolute Gasteiger partial charge is 0.346 e. The number of hydrogen-bond donors (Lipinski definition) is 1. The number of sulfonamides is 1. The molecular weight excluding hydrogens is 444 g/mol. The van der Waals surface area contributed by atoms with E-state index in [9.17, 15) is 13.2 Å². The molecular formula is C28H34N2O3S. The van der Waals surface area contributed by atoms with Gasteiger partial charge in [0.25, 0.3) is 5.91 Å². The Morgan fingerprint density at radius 3 is 1.97 bits per heavy atom. The van der Waals surface area contributed by atoms with Crippen molar-refractivity contribution >= 4 is 21.6 Å². The number of nitrogens with zero attached hydrogens (tertiary/aromatic N) is 1. The second kappa shape index (κ2) is 10.0. The highest BCUT2D eigenvalue weighted by atomic mass is 32.2. The molecule has 0 saturated carbocycles. The van der Waals surface area contributed by atoms with Crippen molar-refractivity contribution in [2.45, 2.75) is 54.1 Å². The standard InChI is InChI=1S/C28H34N2O3S/c1-18-9-8-10-19(2)27(18)30(34(7,32)33)17-24-11-13-25(14-12-24)28(31)29-23(6)26-16-21(4)20(3)15-22(26)5/h8-16,23H,17H2,1-7H3,(H,29,31). The first-order chi connectivity index (χ1) is 15.9. The van der Waals surface area contributed by atoms with E-state index in [0.29, 0.717) is 11.3 Å². The number of carbonyl (C=O) groups is 1. The van der Waals surface area contributed by atoms with Crippen LogP contribution in [0.2, 0.25) is 0 Å². The van der Waals surface area contributed by atoms with Crippen molar-refractivity contribution in [2.75, 3.05) is 10.6 Å². The molecule has 0 aromatic heterocycles. The number of amides is 1. The fourth-order valence-electron chi connectivity index (χ4n) is 4.30. The SMILES string of the molecule is Cc1cc(C)c(C(C)NC(=O)c2ccc(CN(c3c(C)cccc3C)S(C)(=O)=O)cc2)cc1C. The average molecular weight is 479 g/mol. The molecule has 1 amide bonds. The van der Waals surface area contributed by atoms with Gasteiger partial charge in [-0.2, -0.15) is 0 Å².